The number of rotatable bonds is 8. The summed E-state index contributed by atoms with van der Waals surface area (Å²) in [5.74, 6) is -0.315. The Morgan fingerprint density at radius 3 is 2.32 bits per heavy atom. The first-order valence-electron chi connectivity index (χ1n) is 10.4. The Hall–Kier alpha value is -3.47. The molecule has 0 radical (unpaired) electrons. The van der Waals surface area contributed by atoms with E-state index in [2.05, 4.69) is 0 Å². The second-order valence-electron chi connectivity index (χ2n) is 7.50. The quantitative estimate of drug-likeness (QED) is 0.430. The van der Waals surface area contributed by atoms with Gasteiger partial charge in [0.15, 0.2) is 11.5 Å². The summed E-state index contributed by atoms with van der Waals surface area (Å²) in [6.07, 6.45) is 0.743. The number of nitriles is 1. The Bertz CT molecular complexity index is 1320. The minimum absolute atomic E-state index is 0.0603. The molecule has 0 unspecified atom stereocenters. The molecule has 0 aliphatic rings. The predicted octanol–water partition coefficient (Wildman–Crippen LogP) is 5.12. The van der Waals surface area contributed by atoms with Crippen molar-refractivity contribution in [1.82, 2.24) is 4.57 Å². The van der Waals surface area contributed by atoms with E-state index in [-0.39, 0.29) is 44.6 Å². The van der Waals surface area contributed by atoms with Crippen LogP contribution in [0.2, 0.25) is 10.0 Å². The zero-order valence-electron chi connectivity index (χ0n) is 18.8. The molecule has 1 N–H and O–H groups in total. The maximum atomic E-state index is 13.4. The number of aromatic nitrogens is 1. The zero-order valence-corrected chi connectivity index (χ0v) is 20.3. The lowest BCUT2D eigenvalue weighted by molar-refractivity contribution is 0.103. The van der Waals surface area contributed by atoms with Crippen molar-refractivity contribution < 1.29 is 19.4 Å². The third-order valence-electron chi connectivity index (χ3n) is 5.24. The van der Waals surface area contributed by atoms with E-state index in [0.29, 0.717) is 17.9 Å². The van der Waals surface area contributed by atoms with Gasteiger partial charge >= 0.3 is 0 Å². The van der Waals surface area contributed by atoms with Crippen molar-refractivity contribution in [3.8, 4) is 23.4 Å². The van der Waals surface area contributed by atoms with Crippen LogP contribution in [0.15, 0.2) is 41.2 Å². The van der Waals surface area contributed by atoms with Crippen molar-refractivity contribution in [1.29, 1.82) is 5.26 Å². The number of carbonyl (C=O) groups is 1. The van der Waals surface area contributed by atoms with Gasteiger partial charge in [-0.2, -0.15) is 5.26 Å². The number of nitrogens with zero attached hydrogens (tertiary/aromatic N) is 2. The fourth-order valence-electron chi connectivity index (χ4n) is 3.46. The number of halogens is 2. The van der Waals surface area contributed by atoms with Crippen molar-refractivity contribution >= 4 is 29.0 Å². The number of carbonyl (C=O) groups excluding carboxylic acids is 1. The highest BCUT2D eigenvalue weighted by Crippen LogP contribution is 2.36. The molecule has 0 saturated carbocycles. The van der Waals surface area contributed by atoms with Crippen LogP contribution in [0.1, 0.15) is 46.0 Å². The van der Waals surface area contributed by atoms with Crippen molar-refractivity contribution in [2.24, 2.45) is 0 Å². The summed E-state index contributed by atoms with van der Waals surface area (Å²) in [7, 11) is 1.53. The van der Waals surface area contributed by atoms with E-state index in [9.17, 15) is 20.0 Å². The normalized spacial score (nSPS) is 10.6. The fourth-order valence-corrected chi connectivity index (χ4v) is 4.06. The highest BCUT2D eigenvalue weighted by molar-refractivity contribution is 6.38. The van der Waals surface area contributed by atoms with Crippen LogP contribution in [-0.2, 0) is 6.54 Å². The first-order valence-corrected chi connectivity index (χ1v) is 11.1. The van der Waals surface area contributed by atoms with Crippen LogP contribution in [-0.4, -0.2) is 29.2 Å². The summed E-state index contributed by atoms with van der Waals surface area (Å²) in [6, 6.07) is 11.4. The first-order chi connectivity index (χ1) is 16.2. The molecule has 7 nitrogen and oxygen atoms in total. The molecule has 3 rings (SSSR count). The molecule has 0 saturated heterocycles. The van der Waals surface area contributed by atoms with Crippen LogP contribution in [0.4, 0.5) is 0 Å². The molecule has 1 aromatic heterocycles. The zero-order chi connectivity index (χ0) is 25.0. The predicted molar refractivity (Wildman–Crippen MR) is 130 cm³/mol. The summed E-state index contributed by atoms with van der Waals surface area (Å²) >= 11 is 12.6. The van der Waals surface area contributed by atoms with Gasteiger partial charge in [0.05, 0.1) is 35.9 Å². The smallest absolute Gasteiger partial charge is 0.271 e. The van der Waals surface area contributed by atoms with Crippen LogP contribution in [0.25, 0.3) is 0 Å². The number of methoxy groups -OCH3 is 1. The van der Waals surface area contributed by atoms with E-state index in [4.69, 9.17) is 32.7 Å². The van der Waals surface area contributed by atoms with Gasteiger partial charge < -0.3 is 14.6 Å². The Morgan fingerprint density at radius 1 is 1.18 bits per heavy atom. The molecular formula is C25H22Cl2N2O5. The van der Waals surface area contributed by atoms with Gasteiger partial charge in [0.25, 0.3) is 5.56 Å². The lowest BCUT2D eigenvalue weighted by atomic mass is 9.97. The van der Waals surface area contributed by atoms with E-state index in [1.165, 1.54) is 26.2 Å². The maximum Gasteiger partial charge on any atom is 0.271 e. The highest BCUT2D eigenvalue weighted by atomic mass is 35.5. The Kier molecular flexibility index (Phi) is 7.87. The average Bonchev–Trinajstić information content (AvgIpc) is 2.82. The molecule has 9 heteroatoms. The van der Waals surface area contributed by atoms with Gasteiger partial charge in [-0.3, -0.25) is 14.2 Å². The topological polar surface area (TPSA) is 102 Å². The molecule has 34 heavy (non-hydrogen) atoms. The van der Waals surface area contributed by atoms with Crippen LogP contribution in [0.3, 0.4) is 0 Å². The third-order valence-corrected chi connectivity index (χ3v) is 5.80. The molecule has 0 aliphatic carbocycles. The van der Waals surface area contributed by atoms with Crippen LogP contribution >= 0.6 is 23.2 Å². The van der Waals surface area contributed by atoms with Crippen LogP contribution in [0.5, 0.6) is 17.4 Å². The van der Waals surface area contributed by atoms with Gasteiger partial charge in [-0.25, -0.2) is 0 Å². The molecule has 0 aliphatic heterocycles. The van der Waals surface area contributed by atoms with Crippen molar-refractivity contribution in [2.75, 3.05) is 13.7 Å². The van der Waals surface area contributed by atoms with E-state index < -0.39 is 17.2 Å². The number of benzene rings is 2. The molecule has 0 amide bonds. The number of pyridine rings is 1. The van der Waals surface area contributed by atoms with E-state index >= 15 is 0 Å². The lowest BCUT2D eigenvalue weighted by Crippen LogP contribution is -2.27. The lowest BCUT2D eigenvalue weighted by Gasteiger charge is -2.16. The molecule has 0 atom stereocenters. The van der Waals surface area contributed by atoms with Gasteiger partial charge in [0, 0.05) is 5.56 Å². The van der Waals surface area contributed by atoms with Crippen LogP contribution in [0, 0.1) is 18.3 Å². The molecule has 2 aromatic carbocycles. The number of aromatic hydroxyl groups is 1. The monoisotopic (exact) mass is 500 g/mol. The Morgan fingerprint density at radius 2 is 1.79 bits per heavy atom. The van der Waals surface area contributed by atoms with Gasteiger partial charge in [-0.1, -0.05) is 42.3 Å². The fraction of sp³-hybridized carbons (Fsp3) is 0.240. The number of ketones is 1. The Labute approximate surface area is 206 Å². The third kappa shape index (κ3) is 4.89. The second-order valence-corrected chi connectivity index (χ2v) is 8.31. The van der Waals surface area contributed by atoms with Crippen molar-refractivity contribution in [3.05, 3.63) is 84.6 Å². The summed E-state index contributed by atoms with van der Waals surface area (Å²) in [4.78, 5) is 26.3. The molecule has 3 aromatic rings. The van der Waals surface area contributed by atoms with Gasteiger partial charge in [-0.15, -0.1) is 0 Å². The summed E-state index contributed by atoms with van der Waals surface area (Å²) in [5.41, 5.74) is -0.318. The van der Waals surface area contributed by atoms with E-state index in [1.807, 2.05) is 13.0 Å². The van der Waals surface area contributed by atoms with E-state index in [0.717, 1.165) is 11.0 Å². The number of hydrogen-bond donors (Lipinski definition) is 1. The molecule has 0 fully saturated rings. The standard InChI is InChI=1S/C25H22Cl2N2O5/c1-4-9-34-23-19(26)10-16(11-20(23)27)22(30)21-14(2)18(12-28)24(31)29(25(21)32)13-15-5-7-17(33-3)8-6-15/h5-8,10-11,32H,4,9,13H2,1-3H3. The molecular weight excluding hydrogens is 479 g/mol. The summed E-state index contributed by atoms with van der Waals surface area (Å²) in [6.45, 7) is 3.70. The van der Waals surface area contributed by atoms with E-state index in [1.54, 1.807) is 24.3 Å². The molecule has 1 heterocycles. The highest BCUT2D eigenvalue weighted by Gasteiger charge is 2.26. The number of hydrogen-bond acceptors (Lipinski definition) is 6. The number of ether oxygens (including phenoxy) is 2. The van der Waals surface area contributed by atoms with Crippen LogP contribution < -0.4 is 15.0 Å². The molecule has 176 valence electrons. The summed E-state index contributed by atoms with van der Waals surface area (Å²) in [5, 5.41) is 20.9. The van der Waals surface area contributed by atoms with Crippen molar-refractivity contribution in [2.45, 2.75) is 26.8 Å². The summed E-state index contributed by atoms with van der Waals surface area (Å²) < 4.78 is 11.7. The Balaban J connectivity index is 2.12. The SMILES string of the molecule is CCCOc1c(Cl)cc(C(=O)c2c(C)c(C#N)c(=O)n(Cc3ccc(OC)cc3)c2O)cc1Cl. The average molecular weight is 501 g/mol. The second kappa shape index (κ2) is 10.6. The molecule has 0 spiro atoms. The van der Waals surface area contributed by atoms with Crippen molar-refractivity contribution in [3.63, 3.8) is 0 Å². The van der Waals surface area contributed by atoms with Gasteiger partial charge in [0.2, 0.25) is 5.88 Å². The first kappa shape index (κ1) is 25.2. The van der Waals surface area contributed by atoms with Gasteiger partial charge in [-0.05, 0) is 48.7 Å². The minimum atomic E-state index is -0.704. The minimum Gasteiger partial charge on any atom is -0.497 e. The molecule has 0 bridgehead atoms. The largest absolute Gasteiger partial charge is 0.497 e. The van der Waals surface area contributed by atoms with Gasteiger partial charge in [0.1, 0.15) is 17.4 Å². The maximum absolute atomic E-state index is 13.4.